The molecular formula is C16H24N2O. The maximum absolute atomic E-state index is 12.5. The van der Waals surface area contributed by atoms with Crippen molar-refractivity contribution in [3.05, 3.63) is 29.8 Å². The van der Waals surface area contributed by atoms with Crippen LogP contribution in [-0.4, -0.2) is 17.9 Å². The van der Waals surface area contributed by atoms with Gasteiger partial charge in [-0.15, -0.1) is 0 Å². The Balaban J connectivity index is 2.05. The molecule has 1 aromatic rings. The molecule has 2 N–H and O–H groups in total. The Morgan fingerprint density at radius 3 is 2.63 bits per heavy atom. The largest absolute Gasteiger partial charge is 0.399 e. The third-order valence-corrected chi connectivity index (χ3v) is 4.28. The fourth-order valence-electron chi connectivity index (χ4n) is 2.87. The first-order valence-corrected chi connectivity index (χ1v) is 7.21. The molecule has 3 heteroatoms. The highest BCUT2D eigenvalue weighted by atomic mass is 16.2. The van der Waals surface area contributed by atoms with Crippen molar-refractivity contribution in [3.63, 3.8) is 0 Å². The Labute approximate surface area is 115 Å². The van der Waals surface area contributed by atoms with E-state index in [0.717, 1.165) is 24.1 Å². The minimum absolute atomic E-state index is 0.0814. The maximum atomic E-state index is 12.5. The molecule has 0 aromatic heterocycles. The van der Waals surface area contributed by atoms with Crippen molar-refractivity contribution in [2.45, 2.75) is 45.1 Å². The van der Waals surface area contributed by atoms with Crippen LogP contribution in [0.5, 0.6) is 0 Å². The van der Waals surface area contributed by atoms with Gasteiger partial charge in [0.25, 0.3) is 0 Å². The Hall–Kier alpha value is -1.51. The highest BCUT2D eigenvalue weighted by molar-refractivity contribution is 5.79. The molecule has 1 saturated carbocycles. The fourth-order valence-corrected chi connectivity index (χ4v) is 2.87. The molecule has 0 aliphatic heterocycles. The quantitative estimate of drug-likeness (QED) is 0.847. The van der Waals surface area contributed by atoms with Gasteiger partial charge in [-0.05, 0) is 37.5 Å². The molecule has 1 atom stereocenters. The highest BCUT2D eigenvalue weighted by Gasteiger charge is 2.26. The van der Waals surface area contributed by atoms with E-state index < -0.39 is 0 Å². The molecule has 0 bridgehead atoms. The molecular weight excluding hydrogens is 236 g/mol. The number of nitrogens with two attached hydrogens (primary N) is 1. The molecule has 0 saturated heterocycles. The van der Waals surface area contributed by atoms with E-state index in [1.807, 2.05) is 36.2 Å². The van der Waals surface area contributed by atoms with E-state index in [9.17, 15) is 4.79 Å². The van der Waals surface area contributed by atoms with Crippen molar-refractivity contribution in [3.8, 4) is 0 Å². The average Bonchev–Trinajstić information content (AvgIpc) is 2.46. The van der Waals surface area contributed by atoms with Crippen molar-refractivity contribution in [1.29, 1.82) is 0 Å². The molecule has 1 aliphatic carbocycles. The van der Waals surface area contributed by atoms with E-state index in [1.54, 1.807) is 0 Å². The van der Waals surface area contributed by atoms with Crippen LogP contribution >= 0.6 is 0 Å². The van der Waals surface area contributed by atoms with E-state index in [4.69, 9.17) is 5.73 Å². The first-order chi connectivity index (χ1) is 9.09. The Bertz CT molecular complexity index is 438. The number of benzene rings is 1. The first-order valence-electron chi connectivity index (χ1n) is 7.21. The molecule has 1 aliphatic rings. The number of hydrogen-bond donors (Lipinski definition) is 1. The maximum Gasteiger partial charge on any atom is 0.225 e. The zero-order valence-corrected chi connectivity index (χ0v) is 11.9. The summed E-state index contributed by atoms with van der Waals surface area (Å²) in [6, 6.07) is 7.89. The lowest BCUT2D eigenvalue weighted by Gasteiger charge is -2.31. The smallest absolute Gasteiger partial charge is 0.225 e. The number of nitrogens with zero attached hydrogens (tertiary/aromatic N) is 1. The topological polar surface area (TPSA) is 46.3 Å². The summed E-state index contributed by atoms with van der Waals surface area (Å²) in [6.45, 7) is 2.06. The number of carbonyl (C=O) groups excluding carboxylic acids is 1. The lowest BCUT2D eigenvalue weighted by atomic mass is 9.88. The van der Waals surface area contributed by atoms with Gasteiger partial charge in [0, 0.05) is 18.7 Å². The lowest BCUT2D eigenvalue weighted by molar-refractivity contribution is -0.137. The molecule has 0 spiro atoms. The lowest BCUT2D eigenvalue weighted by Crippen LogP contribution is -2.35. The Kier molecular flexibility index (Phi) is 4.46. The standard InChI is InChI=1S/C16H24N2O/c1-12(14-9-6-10-15(17)11-14)18(2)16(19)13-7-4-3-5-8-13/h6,9-13H,3-5,7-8,17H2,1-2H3. The van der Waals surface area contributed by atoms with Crippen molar-refractivity contribution in [2.75, 3.05) is 12.8 Å². The summed E-state index contributed by atoms with van der Waals surface area (Å²) >= 11 is 0. The van der Waals surface area contributed by atoms with Gasteiger partial charge in [-0.3, -0.25) is 4.79 Å². The molecule has 104 valence electrons. The van der Waals surface area contributed by atoms with Gasteiger partial charge in [-0.1, -0.05) is 31.4 Å². The second-order valence-corrected chi connectivity index (χ2v) is 5.63. The van der Waals surface area contributed by atoms with Gasteiger partial charge in [0.05, 0.1) is 6.04 Å². The Morgan fingerprint density at radius 1 is 1.32 bits per heavy atom. The summed E-state index contributed by atoms with van der Waals surface area (Å²) < 4.78 is 0. The summed E-state index contributed by atoms with van der Waals surface area (Å²) in [5.41, 5.74) is 7.67. The minimum Gasteiger partial charge on any atom is -0.399 e. The van der Waals surface area contributed by atoms with Gasteiger partial charge < -0.3 is 10.6 Å². The van der Waals surface area contributed by atoms with Gasteiger partial charge in [0.15, 0.2) is 0 Å². The van der Waals surface area contributed by atoms with E-state index in [2.05, 4.69) is 6.92 Å². The van der Waals surface area contributed by atoms with E-state index in [0.29, 0.717) is 0 Å². The Morgan fingerprint density at radius 2 is 2.00 bits per heavy atom. The van der Waals surface area contributed by atoms with Crippen molar-refractivity contribution in [2.24, 2.45) is 5.92 Å². The molecule has 1 aromatic carbocycles. The average molecular weight is 260 g/mol. The van der Waals surface area contributed by atoms with Crippen LogP contribution < -0.4 is 5.73 Å². The van der Waals surface area contributed by atoms with Crippen LogP contribution in [0.15, 0.2) is 24.3 Å². The summed E-state index contributed by atoms with van der Waals surface area (Å²) in [7, 11) is 1.91. The number of anilines is 1. The monoisotopic (exact) mass is 260 g/mol. The second kappa shape index (κ2) is 6.09. The van der Waals surface area contributed by atoms with Crippen molar-refractivity contribution in [1.82, 2.24) is 4.90 Å². The number of amides is 1. The molecule has 0 heterocycles. The van der Waals surface area contributed by atoms with Gasteiger partial charge in [-0.2, -0.15) is 0 Å². The summed E-state index contributed by atoms with van der Waals surface area (Å²) in [6.07, 6.45) is 5.76. The van der Waals surface area contributed by atoms with Crippen LogP contribution in [0, 0.1) is 5.92 Å². The third-order valence-electron chi connectivity index (χ3n) is 4.28. The molecule has 19 heavy (non-hydrogen) atoms. The van der Waals surface area contributed by atoms with Crippen molar-refractivity contribution < 1.29 is 4.79 Å². The first kappa shape index (κ1) is 13.9. The summed E-state index contributed by atoms with van der Waals surface area (Å²) in [5, 5.41) is 0. The van der Waals surface area contributed by atoms with Crippen molar-refractivity contribution >= 4 is 11.6 Å². The van der Waals surface area contributed by atoms with Crippen LogP contribution in [0.3, 0.4) is 0 Å². The normalized spacial score (nSPS) is 18.0. The van der Waals surface area contributed by atoms with E-state index in [-0.39, 0.29) is 17.9 Å². The number of nitrogen functional groups attached to an aromatic ring is 1. The fraction of sp³-hybridized carbons (Fsp3) is 0.562. The predicted molar refractivity (Wildman–Crippen MR) is 78.6 cm³/mol. The van der Waals surface area contributed by atoms with Crippen LogP contribution in [0.4, 0.5) is 5.69 Å². The minimum atomic E-state index is 0.0814. The van der Waals surface area contributed by atoms with E-state index in [1.165, 1.54) is 19.3 Å². The summed E-state index contributed by atoms with van der Waals surface area (Å²) in [5.74, 6) is 0.511. The zero-order chi connectivity index (χ0) is 13.8. The van der Waals surface area contributed by atoms with Gasteiger partial charge in [-0.25, -0.2) is 0 Å². The van der Waals surface area contributed by atoms with Gasteiger partial charge >= 0.3 is 0 Å². The molecule has 1 unspecified atom stereocenters. The molecule has 1 amide bonds. The van der Waals surface area contributed by atoms with Crippen LogP contribution in [-0.2, 0) is 4.79 Å². The summed E-state index contributed by atoms with van der Waals surface area (Å²) in [4.78, 5) is 14.4. The van der Waals surface area contributed by atoms with Gasteiger partial charge in [0.2, 0.25) is 5.91 Å². The number of rotatable bonds is 3. The molecule has 0 radical (unpaired) electrons. The predicted octanol–water partition coefficient (Wildman–Crippen LogP) is 3.37. The number of carbonyl (C=O) groups is 1. The van der Waals surface area contributed by atoms with Gasteiger partial charge in [0.1, 0.15) is 0 Å². The van der Waals surface area contributed by atoms with Crippen LogP contribution in [0.2, 0.25) is 0 Å². The van der Waals surface area contributed by atoms with Crippen LogP contribution in [0.1, 0.15) is 50.6 Å². The zero-order valence-electron chi connectivity index (χ0n) is 11.9. The van der Waals surface area contributed by atoms with Crippen LogP contribution in [0.25, 0.3) is 0 Å². The third kappa shape index (κ3) is 3.28. The van der Waals surface area contributed by atoms with E-state index >= 15 is 0 Å². The number of hydrogen-bond acceptors (Lipinski definition) is 2. The SMILES string of the molecule is CC(c1cccc(N)c1)N(C)C(=O)C1CCCCC1. The molecule has 3 nitrogen and oxygen atoms in total. The molecule has 1 fully saturated rings. The second-order valence-electron chi connectivity index (χ2n) is 5.63. The molecule has 2 rings (SSSR count). The highest BCUT2D eigenvalue weighted by Crippen LogP contribution is 2.28.